The van der Waals surface area contributed by atoms with Crippen LogP contribution < -0.4 is 21.3 Å². The second-order valence-corrected chi connectivity index (χ2v) is 6.90. The minimum Gasteiger partial charge on any atom is -0.435 e. The van der Waals surface area contributed by atoms with Crippen LogP contribution >= 0.6 is 15.9 Å². The van der Waals surface area contributed by atoms with E-state index in [9.17, 15) is 9.18 Å². The number of nitrogens with two attached hydrogens (primary N) is 1. The molecule has 150 valence electrons. The first kappa shape index (κ1) is 19.5. The van der Waals surface area contributed by atoms with Gasteiger partial charge in [0.05, 0.1) is 5.56 Å². The van der Waals surface area contributed by atoms with Gasteiger partial charge in [0.1, 0.15) is 23.3 Å². The van der Waals surface area contributed by atoms with Crippen molar-refractivity contribution >= 4 is 44.2 Å². The summed E-state index contributed by atoms with van der Waals surface area (Å²) in [4.78, 5) is 24.5. The Morgan fingerprint density at radius 2 is 1.90 bits per heavy atom. The van der Waals surface area contributed by atoms with Gasteiger partial charge in [0, 0.05) is 16.1 Å². The molecule has 2 aromatic carbocycles. The number of carbonyl (C=O) groups is 1. The molecule has 8 nitrogen and oxygen atoms in total. The summed E-state index contributed by atoms with van der Waals surface area (Å²) in [5, 5.41) is 0.859. The van der Waals surface area contributed by atoms with Crippen LogP contribution in [0, 0.1) is 5.82 Å². The van der Waals surface area contributed by atoms with E-state index in [0.717, 1.165) is 9.86 Å². The van der Waals surface area contributed by atoms with E-state index in [1.54, 1.807) is 18.3 Å². The number of pyridine rings is 1. The van der Waals surface area contributed by atoms with Gasteiger partial charge in [-0.3, -0.25) is 20.6 Å². The molecule has 0 bridgehead atoms. The van der Waals surface area contributed by atoms with Gasteiger partial charge in [-0.1, -0.05) is 34.1 Å². The highest BCUT2D eigenvalue weighted by Gasteiger charge is 2.15. The summed E-state index contributed by atoms with van der Waals surface area (Å²) in [5.74, 6) is -0.718. The predicted molar refractivity (Wildman–Crippen MR) is 113 cm³/mol. The number of fused-ring (bicyclic) bond motifs is 1. The smallest absolute Gasteiger partial charge is 0.272 e. The maximum absolute atomic E-state index is 13.7. The zero-order valence-electron chi connectivity index (χ0n) is 15.3. The van der Waals surface area contributed by atoms with Crippen molar-refractivity contribution in [1.82, 2.24) is 20.4 Å². The van der Waals surface area contributed by atoms with E-state index in [1.807, 2.05) is 18.2 Å². The Kier molecular flexibility index (Phi) is 5.40. The Labute approximate surface area is 178 Å². The van der Waals surface area contributed by atoms with Crippen molar-refractivity contribution in [3.63, 3.8) is 0 Å². The Morgan fingerprint density at radius 1 is 1.07 bits per heavy atom. The molecule has 10 heteroatoms. The van der Waals surface area contributed by atoms with Crippen molar-refractivity contribution in [3.05, 3.63) is 76.9 Å². The Morgan fingerprint density at radius 3 is 2.73 bits per heavy atom. The van der Waals surface area contributed by atoms with Crippen molar-refractivity contribution in [1.29, 1.82) is 0 Å². The number of ether oxygens (including phenoxy) is 1. The molecule has 2 heterocycles. The number of amides is 1. The van der Waals surface area contributed by atoms with Gasteiger partial charge in [-0.2, -0.15) is 4.98 Å². The molecule has 0 aliphatic heterocycles. The zero-order valence-corrected chi connectivity index (χ0v) is 16.9. The average Bonchev–Trinajstić information content (AvgIpc) is 2.76. The molecule has 0 aliphatic carbocycles. The monoisotopic (exact) mass is 468 g/mol. The molecule has 0 saturated carbocycles. The van der Waals surface area contributed by atoms with E-state index < -0.39 is 11.7 Å². The number of rotatable bonds is 5. The predicted octanol–water partition coefficient (Wildman–Crippen LogP) is 4.06. The number of carbonyl (C=O) groups excluding carboxylic acids is 1. The summed E-state index contributed by atoms with van der Waals surface area (Å²) >= 11 is 3.48. The van der Waals surface area contributed by atoms with Crippen LogP contribution in [0.1, 0.15) is 10.4 Å². The Hall–Kier alpha value is -3.79. The van der Waals surface area contributed by atoms with E-state index >= 15 is 0 Å². The molecular formula is C20H14BrFN6O2. The van der Waals surface area contributed by atoms with Crippen LogP contribution in [0.2, 0.25) is 0 Å². The third-order valence-corrected chi connectivity index (χ3v) is 4.84. The summed E-state index contributed by atoms with van der Waals surface area (Å²) in [6.45, 7) is 0. The van der Waals surface area contributed by atoms with Crippen LogP contribution in [0.4, 0.5) is 15.9 Å². The van der Waals surface area contributed by atoms with Gasteiger partial charge in [0.2, 0.25) is 5.88 Å². The molecule has 4 aromatic rings. The molecule has 0 saturated heterocycles. The van der Waals surface area contributed by atoms with Gasteiger partial charge < -0.3 is 10.5 Å². The number of aromatic nitrogens is 3. The van der Waals surface area contributed by atoms with E-state index in [4.69, 9.17) is 10.5 Å². The summed E-state index contributed by atoms with van der Waals surface area (Å²) in [7, 11) is 0. The molecule has 1 amide bonds. The van der Waals surface area contributed by atoms with E-state index in [2.05, 4.69) is 41.7 Å². The van der Waals surface area contributed by atoms with Crippen LogP contribution in [0.5, 0.6) is 11.6 Å². The van der Waals surface area contributed by atoms with Crippen molar-refractivity contribution in [2.45, 2.75) is 0 Å². The number of anilines is 2. The Bertz CT molecular complexity index is 1250. The number of benzene rings is 2. The van der Waals surface area contributed by atoms with Gasteiger partial charge in [0.15, 0.2) is 11.6 Å². The topological polar surface area (TPSA) is 115 Å². The molecule has 30 heavy (non-hydrogen) atoms. The van der Waals surface area contributed by atoms with Crippen molar-refractivity contribution < 1.29 is 13.9 Å². The summed E-state index contributed by atoms with van der Waals surface area (Å²) in [6, 6.07) is 12.9. The minimum absolute atomic E-state index is 0.0540. The first-order valence-corrected chi connectivity index (χ1v) is 9.46. The zero-order chi connectivity index (χ0) is 21.1. The fourth-order valence-corrected chi connectivity index (χ4v) is 3.14. The molecule has 0 atom stereocenters. The number of hydrogen-bond donors (Lipinski definition) is 3. The van der Waals surface area contributed by atoms with Crippen LogP contribution in [-0.4, -0.2) is 20.9 Å². The van der Waals surface area contributed by atoms with E-state index in [-0.39, 0.29) is 22.9 Å². The Balaban J connectivity index is 1.56. The molecule has 0 radical (unpaired) electrons. The fourth-order valence-electron chi connectivity index (χ4n) is 2.69. The van der Waals surface area contributed by atoms with Gasteiger partial charge >= 0.3 is 0 Å². The largest absolute Gasteiger partial charge is 0.435 e. The first-order chi connectivity index (χ1) is 14.5. The fraction of sp³-hybridized carbons (Fsp3) is 0. The molecular weight excluding hydrogens is 455 g/mol. The molecule has 4 rings (SSSR count). The molecule has 0 aliphatic rings. The number of hydrazine groups is 1. The molecule has 0 fully saturated rings. The lowest BCUT2D eigenvalue weighted by Gasteiger charge is -2.13. The molecule has 2 aromatic heterocycles. The number of hydrogen-bond acceptors (Lipinski definition) is 7. The number of nitrogen functional groups attached to an aromatic ring is 1. The number of halogens is 2. The standard InChI is InChI=1S/C20H14BrFN6O2/c21-13-7-8-15(17-11(13)5-3-9-24-17)30-20-16(23)18(25-10-26-20)27-28-19(29)12-4-1-2-6-14(12)22/h1-10H,23H2,(H,28,29)(H,25,26,27). The van der Waals surface area contributed by atoms with Crippen molar-refractivity contribution in [2.24, 2.45) is 0 Å². The van der Waals surface area contributed by atoms with Crippen LogP contribution in [0.15, 0.2) is 65.5 Å². The van der Waals surface area contributed by atoms with Crippen LogP contribution in [-0.2, 0) is 0 Å². The molecule has 0 unspecified atom stereocenters. The lowest BCUT2D eigenvalue weighted by atomic mass is 10.2. The lowest BCUT2D eigenvalue weighted by molar-refractivity contribution is 0.0958. The quantitative estimate of drug-likeness (QED) is 0.378. The lowest BCUT2D eigenvalue weighted by Crippen LogP contribution is -2.31. The van der Waals surface area contributed by atoms with E-state index in [0.29, 0.717) is 11.3 Å². The van der Waals surface area contributed by atoms with E-state index in [1.165, 1.54) is 24.5 Å². The second-order valence-electron chi connectivity index (χ2n) is 6.05. The molecule has 4 N–H and O–H groups in total. The molecule has 0 spiro atoms. The van der Waals surface area contributed by atoms with Crippen molar-refractivity contribution in [3.8, 4) is 11.6 Å². The maximum atomic E-state index is 13.7. The van der Waals surface area contributed by atoms with Gasteiger partial charge in [-0.15, -0.1) is 0 Å². The summed E-state index contributed by atoms with van der Waals surface area (Å²) < 4.78 is 20.5. The summed E-state index contributed by atoms with van der Waals surface area (Å²) in [6.07, 6.45) is 2.87. The van der Waals surface area contributed by atoms with Crippen LogP contribution in [0.25, 0.3) is 10.9 Å². The van der Waals surface area contributed by atoms with Gasteiger partial charge in [-0.25, -0.2) is 9.37 Å². The normalized spacial score (nSPS) is 10.6. The third kappa shape index (κ3) is 3.85. The van der Waals surface area contributed by atoms with Crippen LogP contribution in [0.3, 0.4) is 0 Å². The first-order valence-electron chi connectivity index (χ1n) is 8.67. The van der Waals surface area contributed by atoms with Crippen molar-refractivity contribution in [2.75, 3.05) is 11.2 Å². The highest BCUT2D eigenvalue weighted by Crippen LogP contribution is 2.35. The SMILES string of the molecule is Nc1c(NNC(=O)c2ccccc2F)ncnc1Oc1ccc(Br)c2cccnc12. The second kappa shape index (κ2) is 8.29. The maximum Gasteiger partial charge on any atom is 0.272 e. The van der Waals surface area contributed by atoms with Gasteiger partial charge in [0.25, 0.3) is 5.91 Å². The third-order valence-electron chi connectivity index (χ3n) is 4.15. The highest BCUT2D eigenvalue weighted by molar-refractivity contribution is 9.10. The number of nitrogens with zero attached hydrogens (tertiary/aromatic N) is 3. The number of nitrogens with one attached hydrogen (secondary N) is 2. The van der Waals surface area contributed by atoms with Gasteiger partial charge in [-0.05, 0) is 30.3 Å². The highest BCUT2D eigenvalue weighted by atomic mass is 79.9. The average molecular weight is 469 g/mol. The minimum atomic E-state index is -0.684. The summed E-state index contributed by atoms with van der Waals surface area (Å²) in [5.41, 5.74) is 11.6.